The zero-order valence-electron chi connectivity index (χ0n) is 16.0. The molecule has 4 nitrogen and oxygen atoms in total. The predicted molar refractivity (Wildman–Crippen MR) is 117 cm³/mol. The highest BCUT2D eigenvalue weighted by Gasteiger charge is 2.06. The average molecular weight is 366 g/mol. The molecule has 2 aliphatic heterocycles. The van der Waals surface area contributed by atoms with Crippen LogP contribution in [0.2, 0.25) is 0 Å². The Labute approximate surface area is 163 Å². The molecular formula is C24H22N4. The number of aromatic nitrogens is 4. The first kappa shape index (κ1) is 16.8. The van der Waals surface area contributed by atoms with Crippen molar-refractivity contribution in [2.24, 2.45) is 5.92 Å². The highest BCUT2D eigenvalue weighted by Crippen LogP contribution is 2.21. The van der Waals surface area contributed by atoms with Gasteiger partial charge in [0.25, 0.3) is 0 Å². The molecule has 0 aliphatic carbocycles. The number of H-pyrrole nitrogens is 2. The molecule has 2 aliphatic rings. The largest absolute Gasteiger partial charge is 0.355 e. The van der Waals surface area contributed by atoms with Crippen molar-refractivity contribution in [3.63, 3.8) is 0 Å². The summed E-state index contributed by atoms with van der Waals surface area (Å²) in [5.74, 6) is 0.588. The Morgan fingerprint density at radius 3 is 1.96 bits per heavy atom. The first-order valence-corrected chi connectivity index (χ1v) is 9.68. The van der Waals surface area contributed by atoms with Crippen LogP contribution in [0.4, 0.5) is 0 Å². The molecule has 0 fully saturated rings. The van der Waals surface area contributed by atoms with Crippen molar-refractivity contribution < 1.29 is 0 Å². The van der Waals surface area contributed by atoms with Gasteiger partial charge in [0.15, 0.2) is 0 Å². The van der Waals surface area contributed by atoms with Gasteiger partial charge in [-0.05, 0) is 84.7 Å². The van der Waals surface area contributed by atoms with Crippen molar-refractivity contribution in [2.45, 2.75) is 20.3 Å². The summed E-state index contributed by atoms with van der Waals surface area (Å²) in [4.78, 5) is 16.4. The third kappa shape index (κ3) is 3.41. The van der Waals surface area contributed by atoms with E-state index < -0.39 is 0 Å². The first-order valence-electron chi connectivity index (χ1n) is 9.68. The van der Waals surface area contributed by atoms with Gasteiger partial charge in [-0.25, -0.2) is 9.97 Å². The van der Waals surface area contributed by atoms with Gasteiger partial charge < -0.3 is 9.97 Å². The van der Waals surface area contributed by atoms with Gasteiger partial charge >= 0.3 is 0 Å². The van der Waals surface area contributed by atoms with Crippen molar-refractivity contribution in [1.82, 2.24) is 19.9 Å². The Balaban J connectivity index is 1.81. The van der Waals surface area contributed by atoms with Gasteiger partial charge in [-0.3, -0.25) is 0 Å². The average Bonchev–Trinajstić information content (AvgIpc) is 3.40. The molecule has 0 atom stereocenters. The fourth-order valence-corrected chi connectivity index (χ4v) is 3.69. The summed E-state index contributed by atoms with van der Waals surface area (Å²) in [6, 6.07) is 14.8. The van der Waals surface area contributed by atoms with E-state index in [9.17, 15) is 0 Å². The van der Waals surface area contributed by atoms with Gasteiger partial charge in [0.05, 0.1) is 22.8 Å². The molecule has 2 N–H and O–H groups in total. The second-order valence-electron chi connectivity index (χ2n) is 7.80. The van der Waals surface area contributed by atoms with Crippen molar-refractivity contribution in [3.05, 3.63) is 70.8 Å². The third-order valence-electron chi connectivity index (χ3n) is 4.88. The van der Waals surface area contributed by atoms with Gasteiger partial charge in [-0.2, -0.15) is 0 Å². The van der Waals surface area contributed by atoms with Crippen molar-refractivity contribution in [2.75, 3.05) is 0 Å². The Kier molecular flexibility index (Phi) is 3.97. The maximum atomic E-state index is 4.74. The van der Waals surface area contributed by atoms with E-state index >= 15 is 0 Å². The number of rotatable bonds is 2. The highest BCUT2D eigenvalue weighted by molar-refractivity contribution is 5.78. The monoisotopic (exact) mass is 366 g/mol. The van der Waals surface area contributed by atoms with Gasteiger partial charge in [-0.1, -0.05) is 13.8 Å². The van der Waals surface area contributed by atoms with Crippen LogP contribution in [-0.2, 0) is 6.42 Å². The zero-order valence-corrected chi connectivity index (χ0v) is 16.0. The van der Waals surface area contributed by atoms with Crippen molar-refractivity contribution in [3.8, 4) is 0 Å². The van der Waals surface area contributed by atoms with Crippen LogP contribution in [0.1, 0.15) is 42.2 Å². The Morgan fingerprint density at radius 2 is 1.29 bits per heavy atom. The number of nitrogens with zero attached hydrogens (tertiary/aromatic N) is 2. The summed E-state index contributed by atoms with van der Waals surface area (Å²) < 4.78 is 0. The van der Waals surface area contributed by atoms with E-state index in [2.05, 4.69) is 71.3 Å². The van der Waals surface area contributed by atoms with Crippen LogP contribution >= 0.6 is 0 Å². The summed E-state index contributed by atoms with van der Waals surface area (Å²) in [5, 5.41) is 0. The molecule has 5 heterocycles. The van der Waals surface area contributed by atoms with E-state index in [0.717, 1.165) is 51.3 Å². The molecule has 0 radical (unpaired) electrons. The minimum atomic E-state index is 0.588. The predicted octanol–water partition coefficient (Wildman–Crippen LogP) is 5.85. The number of hydrogen-bond acceptors (Lipinski definition) is 2. The number of hydrogen-bond donors (Lipinski definition) is 2. The maximum absolute atomic E-state index is 4.74. The van der Waals surface area contributed by atoms with E-state index in [1.54, 1.807) is 0 Å². The molecule has 28 heavy (non-hydrogen) atoms. The number of fused-ring (bicyclic) bond motifs is 8. The van der Waals surface area contributed by atoms with Gasteiger partial charge in [0.2, 0.25) is 0 Å². The molecule has 138 valence electrons. The molecule has 0 unspecified atom stereocenters. The molecule has 0 saturated carbocycles. The molecule has 3 aromatic heterocycles. The van der Waals surface area contributed by atoms with E-state index in [-0.39, 0.29) is 0 Å². The summed E-state index contributed by atoms with van der Waals surface area (Å²) in [7, 11) is 0. The SMILES string of the molecule is CC(C)Cc1cc2cc3ccc(cc4nc(cc5nc(cc1[nH]2)C=C5)C=C4)[nH]3. The van der Waals surface area contributed by atoms with E-state index in [1.807, 2.05) is 24.3 Å². The first-order chi connectivity index (χ1) is 13.6. The zero-order chi connectivity index (χ0) is 19.1. The maximum Gasteiger partial charge on any atom is 0.0659 e. The van der Waals surface area contributed by atoms with Crippen LogP contribution < -0.4 is 0 Å². The molecule has 3 aromatic rings. The molecule has 0 amide bonds. The lowest BCUT2D eigenvalue weighted by Crippen LogP contribution is -1.92. The van der Waals surface area contributed by atoms with Crippen LogP contribution in [0.15, 0.2) is 42.5 Å². The van der Waals surface area contributed by atoms with E-state index in [1.165, 1.54) is 5.56 Å². The minimum Gasteiger partial charge on any atom is -0.355 e. The minimum absolute atomic E-state index is 0.588. The molecule has 0 spiro atoms. The van der Waals surface area contributed by atoms with E-state index in [0.29, 0.717) is 5.92 Å². The normalized spacial score (nSPS) is 12.8. The fraction of sp³-hybridized carbons (Fsp3) is 0.167. The lowest BCUT2D eigenvalue weighted by atomic mass is 10.0. The van der Waals surface area contributed by atoms with Gasteiger partial charge in [0.1, 0.15) is 0 Å². The van der Waals surface area contributed by atoms with Crippen molar-refractivity contribution in [1.29, 1.82) is 0 Å². The topological polar surface area (TPSA) is 57.4 Å². The van der Waals surface area contributed by atoms with Crippen LogP contribution in [0.25, 0.3) is 46.4 Å². The second-order valence-corrected chi connectivity index (χ2v) is 7.80. The standard InChI is InChI=1S/C24H22N4/c1-15(2)9-16-10-23-13-21-6-5-19(26-21)11-17-3-4-18(25-17)12-20-7-8-22(27-20)14-24(16)28-23/h3-8,10-15,26,28H,9H2,1-2H3. The van der Waals surface area contributed by atoms with Crippen LogP contribution in [0.3, 0.4) is 0 Å². The van der Waals surface area contributed by atoms with Gasteiger partial charge in [0, 0.05) is 22.1 Å². The molecule has 0 aromatic carbocycles. The van der Waals surface area contributed by atoms with Crippen molar-refractivity contribution >= 4 is 46.4 Å². The summed E-state index contributed by atoms with van der Waals surface area (Å²) >= 11 is 0. The number of nitrogens with one attached hydrogen (secondary N) is 2. The Hall–Kier alpha value is -3.40. The van der Waals surface area contributed by atoms with Crippen LogP contribution in [0, 0.1) is 5.92 Å². The number of aromatic amines is 2. The molecular weight excluding hydrogens is 344 g/mol. The summed E-state index contributed by atoms with van der Waals surface area (Å²) in [5.41, 5.74) is 9.38. The van der Waals surface area contributed by atoms with Gasteiger partial charge in [-0.15, -0.1) is 0 Å². The summed E-state index contributed by atoms with van der Waals surface area (Å²) in [6.07, 6.45) is 9.17. The Morgan fingerprint density at radius 1 is 0.679 bits per heavy atom. The van der Waals surface area contributed by atoms with Crippen LogP contribution in [-0.4, -0.2) is 19.9 Å². The van der Waals surface area contributed by atoms with Crippen LogP contribution in [0.5, 0.6) is 0 Å². The molecule has 5 rings (SSSR count). The Bertz CT molecular complexity index is 1270. The smallest absolute Gasteiger partial charge is 0.0659 e. The molecule has 4 heteroatoms. The second kappa shape index (κ2) is 6.64. The highest BCUT2D eigenvalue weighted by atomic mass is 14.8. The third-order valence-corrected chi connectivity index (χ3v) is 4.88. The quantitative estimate of drug-likeness (QED) is 0.411. The lowest BCUT2D eigenvalue weighted by Gasteiger charge is -2.01. The lowest BCUT2D eigenvalue weighted by molar-refractivity contribution is 0.650. The molecule has 0 saturated heterocycles. The summed E-state index contributed by atoms with van der Waals surface area (Å²) in [6.45, 7) is 4.50. The molecule has 8 bridgehead atoms. The fourth-order valence-electron chi connectivity index (χ4n) is 3.69. The van der Waals surface area contributed by atoms with E-state index in [4.69, 9.17) is 4.98 Å².